The van der Waals surface area contributed by atoms with Crippen LogP contribution in [-0.2, 0) is 19.5 Å². The van der Waals surface area contributed by atoms with Crippen molar-refractivity contribution in [3.8, 4) is 5.75 Å². The number of nitro benzene ring substituents is 1. The summed E-state index contributed by atoms with van der Waals surface area (Å²) in [5.41, 5.74) is 3.05. The first-order chi connectivity index (χ1) is 15.1. The molecule has 3 aromatic rings. The first-order valence-electron chi connectivity index (χ1n) is 9.92. The fraction of sp³-hybridized carbons (Fsp3) is 0.217. The number of aliphatic imine (C=N–C) groups is 1. The van der Waals surface area contributed by atoms with E-state index in [4.69, 9.17) is 4.74 Å². The molecule has 0 unspecified atom stereocenters. The molecule has 0 fully saturated rings. The van der Waals surface area contributed by atoms with Crippen molar-refractivity contribution >= 4 is 11.6 Å². The maximum atomic E-state index is 10.8. The van der Waals surface area contributed by atoms with Crippen molar-refractivity contribution in [2.45, 2.75) is 19.5 Å². The number of nitro groups is 1. The fourth-order valence-electron chi connectivity index (χ4n) is 2.86. The van der Waals surface area contributed by atoms with E-state index in [9.17, 15) is 10.1 Å². The van der Waals surface area contributed by atoms with E-state index in [-0.39, 0.29) is 5.69 Å². The van der Waals surface area contributed by atoms with Crippen molar-refractivity contribution in [2.75, 3.05) is 13.7 Å². The van der Waals surface area contributed by atoms with Gasteiger partial charge in [0.25, 0.3) is 5.69 Å². The first kappa shape index (κ1) is 21.8. The molecule has 0 saturated carbocycles. The summed E-state index contributed by atoms with van der Waals surface area (Å²) in [4.78, 5) is 19.3. The number of pyridine rings is 1. The Labute approximate surface area is 181 Å². The van der Waals surface area contributed by atoms with Gasteiger partial charge in [-0.1, -0.05) is 30.3 Å². The number of benzene rings is 2. The molecule has 0 spiro atoms. The van der Waals surface area contributed by atoms with E-state index in [1.54, 1.807) is 25.4 Å². The molecule has 2 aromatic carbocycles. The predicted molar refractivity (Wildman–Crippen MR) is 120 cm³/mol. The second-order valence-electron chi connectivity index (χ2n) is 6.79. The van der Waals surface area contributed by atoms with E-state index < -0.39 is 4.92 Å². The standard InChI is InChI=1S/C23H25N5O3/c1-31-22-11-7-18(8-12-22)13-15-25-23(27-17-20-4-2-3-14-24-20)26-16-19-5-9-21(10-6-19)28(29)30/h2-12,14H,13,15-17H2,1H3,(H2,25,26,27). The van der Waals surface area contributed by atoms with Crippen LogP contribution in [0, 0.1) is 10.1 Å². The summed E-state index contributed by atoms with van der Waals surface area (Å²) in [5, 5.41) is 17.4. The molecule has 3 rings (SSSR count). The largest absolute Gasteiger partial charge is 0.497 e. The average Bonchev–Trinajstić information content (AvgIpc) is 2.81. The van der Waals surface area contributed by atoms with Crippen molar-refractivity contribution < 1.29 is 9.66 Å². The zero-order chi connectivity index (χ0) is 21.9. The van der Waals surface area contributed by atoms with Crippen LogP contribution in [0.3, 0.4) is 0 Å². The third kappa shape index (κ3) is 7.11. The van der Waals surface area contributed by atoms with Crippen LogP contribution >= 0.6 is 0 Å². The van der Waals surface area contributed by atoms with Gasteiger partial charge in [-0.15, -0.1) is 0 Å². The molecule has 31 heavy (non-hydrogen) atoms. The van der Waals surface area contributed by atoms with Gasteiger partial charge in [-0.25, -0.2) is 4.99 Å². The van der Waals surface area contributed by atoms with Crippen LogP contribution in [0.5, 0.6) is 5.75 Å². The summed E-state index contributed by atoms with van der Waals surface area (Å²) in [5.74, 6) is 1.48. The summed E-state index contributed by atoms with van der Waals surface area (Å²) in [6, 6.07) is 20.1. The molecular formula is C23H25N5O3. The molecule has 2 N–H and O–H groups in total. The molecule has 160 valence electrons. The lowest BCUT2D eigenvalue weighted by Crippen LogP contribution is -2.38. The molecule has 0 amide bonds. The van der Waals surface area contributed by atoms with Crippen LogP contribution in [0.2, 0.25) is 0 Å². The van der Waals surface area contributed by atoms with Crippen LogP contribution in [0.4, 0.5) is 5.69 Å². The number of guanidine groups is 1. The Hall–Kier alpha value is -3.94. The van der Waals surface area contributed by atoms with E-state index in [1.165, 1.54) is 17.7 Å². The zero-order valence-electron chi connectivity index (χ0n) is 17.3. The van der Waals surface area contributed by atoms with Crippen LogP contribution in [-0.4, -0.2) is 29.5 Å². The van der Waals surface area contributed by atoms with Crippen molar-refractivity contribution in [1.82, 2.24) is 15.6 Å². The molecule has 1 aromatic heterocycles. The summed E-state index contributed by atoms with van der Waals surface area (Å²) in [6.07, 6.45) is 2.58. The highest BCUT2D eigenvalue weighted by Crippen LogP contribution is 2.13. The number of ether oxygens (including phenoxy) is 1. The minimum absolute atomic E-state index is 0.0684. The Kier molecular flexibility index (Phi) is 7.93. The molecule has 0 saturated heterocycles. The molecule has 8 heteroatoms. The number of nitrogens with one attached hydrogen (secondary N) is 2. The van der Waals surface area contributed by atoms with Crippen LogP contribution in [0.25, 0.3) is 0 Å². The lowest BCUT2D eigenvalue weighted by Gasteiger charge is -2.13. The van der Waals surface area contributed by atoms with Gasteiger partial charge in [0.05, 0.1) is 30.8 Å². The number of non-ortho nitro benzene ring substituents is 1. The van der Waals surface area contributed by atoms with E-state index in [0.717, 1.165) is 23.4 Å². The van der Waals surface area contributed by atoms with Gasteiger partial charge in [0.15, 0.2) is 5.96 Å². The van der Waals surface area contributed by atoms with Gasteiger partial charge < -0.3 is 15.4 Å². The Bertz CT molecular complexity index is 990. The number of nitrogens with zero attached hydrogens (tertiary/aromatic N) is 3. The SMILES string of the molecule is COc1ccc(CCNC(=NCc2ccc([N+](=O)[O-])cc2)NCc2ccccn2)cc1. The number of methoxy groups -OCH3 is 1. The monoisotopic (exact) mass is 419 g/mol. The second-order valence-corrected chi connectivity index (χ2v) is 6.79. The molecule has 0 aliphatic carbocycles. The van der Waals surface area contributed by atoms with Gasteiger partial charge in [0, 0.05) is 24.9 Å². The zero-order valence-corrected chi connectivity index (χ0v) is 17.3. The summed E-state index contributed by atoms with van der Waals surface area (Å²) >= 11 is 0. The molecule has 8 nitrogen and oxygen atoms in total. The van der Waals surface area contributed by atoms with Crippen molar-refractivity contribution in [2.24, 2.45) is 4.99 Å². The summed E-state index contributed by atoms with van der Waals surface area (Å²) < 4.78 is 5.19. The van der Waals surface area contributed by atoms with Crippen LogP contribution < -0.4 is 15.4 Å². The topological polar surface area (TPSA) is 102 Å². The highest BCUT2D eigenvalue weighted by Gasteiger charge is 2.05. The van der Waals surface area contributed by atoms with Gasteiger partial charge >= 0.3 is 0 Å². The van der Waals surface area contributed by atoms with Gasteiger partial charge in [-0.2, -0.15) is 0 Å². The smallest absolute Gasteiger partial charge is 0.269 e. The number of hydrogen-bond donors (Lipinski definition) is 2. The summed E-state index contributed by atoms with van der Waals surface area (Å²) in [7, 11) is 1.65. The fourth-order valence-corrected chi connectivity index (χ4v) is 2.86. The Morgan fingerprint density at radius 2 is 1.77 bits per heavy atom. The highest BCUT2D eigenvalue weighted by molar-refractivity contribution is 5.79. The van der Waals surface area contributed by atoms with E-state index in [2.05, 4.69) is 20.6 Å². The summed E-state index contributed by atoms with van der Waals surface area (Å²) in [6.45, 7) is 1.63. The number of rotatable bonds is 9. The lowest BCUT2D eigenvalue weighted by molar-refractivity contribution is -0.384. The third-order valence-corrected chi connectivity index (χ3v) is 4.60. The maximum absolute atomic E-state index is 10.8. The number of hydrogen-bond acceptors (Lipinski definition) is 5. The second kappa shape index (κ2) is 11.3. The third-order valence-electron chi connectivity index (χ3n) is 4.60. The van der Waals surface area contributed by atoms with Crippen LogP contribution in [0.15, 0.2) is 77.9 Å². The molecule has 1 heterocycles. The van der Waals surface area contributed by atoms with E-state index >= 15 is 0 Å². The Balaban J connectivity index is 1.61. The molecule has 0 radical (unpaired) electrons. The Morgan fingerprint density at radius 3 is 2.42 bits per heavy atom. The number of aromatic nitrogens is 1. The van der Waals surface area contributed by atoms with Crippen molar-refractivity contribution in [1.29, 1.82) is 0 Å². The van der Waals surface area contributed by atoms with Gasteiger partial charge in [0.2, 0.25) is 0 Å². The highest BCUT2D eigenvalue weighted by atomic mass is 16.6. The maximum Gasteiger partial charge on any atom is 0.269 e. The van der Waals surface area contributed by atoms with Crippen LogP contribution in [0.1, 0.15) is 16.8 Å². The normalized spacial score (nSPS) is 11.1. The Morgan fingerprint density at radius 1 is 1.03 bits per heavy atom. The van der Waals surface area contributed by atoms with Crippen molar-refractivity contribution in [3.05, 3.63) is 99.9 Å². The minimum Gasteiger partial charge on any atom is -0.497 e. The molecule has 0 atom stereocenters. The average molecular weight is 419 g/mol. The first-order valence-corrected chi connectivity index (χ1v) is 9.92. The minimum atomic E-state index is -0.409. The molecule has 0 bridgehead atoms. The lowest BCUT2D eigenvalue weighted by atomic mass is 10.1. The van der Waals surface area contributed by atoms with Gasteiger partial charge in [-0.3, -0.25) is 15.1 Å². The van der Waals surface area contributed by atoms with E-state index in [1.807, 2.05) is 42.5 Å². The van der Waals surface area contributed by atoms with E-state index in [0.29, 0.717) is 25.6 Å². The molecular weight excluding hydrogens is 394 g/mol. The van der Waals surface area contributed by atoms with Gasteiger partial charge in [-0.05, 0) is 41.8 Å². The van der Waals surface area contributed by atoms with Crippen molar-refractivity contribution in [3.63, 3.8) is 0 Å². The molecule has 0 aliphatic rings. The quantitative estimate of drug-likeness (QED) is 0.238. The predicted octanol–water partition coefficient (Wildman–Crippen LogP) is 3.48. The van der Waals surface area contributed by atoms with Gasteiger partial charge in [0.1, 0.15) is 5.75 Å². The molecule has 0 aliphatic heterocycles.